The molecule has 0 aromatic carbocycles. The molecule has 2 heterocycles. The number of likely N-dealkylation sites (tertiary alicyclic amines) is 1. The van der Waals surface area contributed by atoms with Gasteiger partial charge in [-0.3, -0.25) is 9.69 Å². The highest BCUT2D eigenvalue weighted by atomic mass is 79.9. The minimum Gasteiger partial charge on any atom is -0.481 e. The minimum absolute atomic E-state index is 0.176. The summed E-state index contributed by atoms with van der Waals surface area (Å²) in [5.74, 6) is -0.470. The van der Waals surface area contributed by atoms with Crippen LogP contribution in [0.4, 0.5) is 0 Å². The molecule has 1 aliphatic rings. The van der Waals surface area contributed by atoms with Crippen LogP contribution in [-0.4, -0.2) is 29.1 Å². The number of halogens is 1. The number of rotatable bonds is 4. The van der Waals surface area contributed by atoms with Crippen molar-refractivity contribution in [2.45, 2.75) is 26.8 Å². The fraction of sp³-hybridized carbons (Fsp3) is 0.615. The molecule has 1 saturated heterocycles. The monoisotopic (exact) mass is 331 g/mol. The molecule has 0 radical (unpaired) electrons. The summed E-state index contributed by atoms with van der Waals surface area (Å²) in [5.41, 5.74) is -0.561. The summed E-state index contributed by atoms with van der Waals surface area (Å²) in [5, 5.41) is 11.6. The van der Waals surface area contributed by atoms with E-state index in [-0.39, 0.29) is 5.92 Å². The summed E-state index contributed by atoms with van der Waals surface area (Å²) < 4.78 is 1.11. The van der Waals surface area contributed by atoms with E-state index in [1.165, 1.54) is 4.88 Å². The fourth-order valence-electron chi connectivity index (χ4n) is 2.60. The zero-order chi connectivity index (χ0) is 13.3. The molecule has 0 saturated carbocycles. The van der Waals surface area contributed by atoms with Crippen LogP contribution in [0.2, 0.25) is 0 Å². The largest absolute Gasteiger partial charge is 0.481 e. The van der Waals surface area contributed by atoms with E-state index in [2.05, 4.69) is 32.3 Å². The van der Waals surface area contributed by atoms with E-state index in [0.717, 1.165) is 24.0 Å². The Morgan fingerprint density at radius 1 is 1.67 bits per heavy atom. The van der Waals surface area contributed by atoms with E-state index in [1.54, 1.807) is 11.3 Å². The summed E-state index contributed by atoms with van der Waals surface area (Å²) in [6.45, 7) is 6.42. The Hall–Kier alpha value is -0.390. The van der Waals surface area contributed by atoms with E-state index in [1.807, 2.05) is 13.8 Å². The lowest BCUT2D eigenvalue weighted by Crippen LogP contribution is -2.39. The van der Waals surface area contributed by atoms with Crippen molar-refractivity contribution in [3.05, 3.63) is 20.8 Å². The van der Waals surface area contributed by atoms with Crippen molar-refractivity contribution < 1.29 is 9.90 Å². The summed E-state index contributed by atoms with van der Waals surface area (Å²) in [4.78, 5) is 15.1. The fourth-order valence-corrected chi connectivity index (χ4v) is 4.09. The normalized spacial score (nSPS) is 24.9. The highest BCUT2D eigenvalue weighted by Crippen LogP contribution is 2.39. The highest BCUT2D eigenvalue weighted by Gasteiger charge is 2.47. The quantitative estimate of drug-likeness (QED) is 0.918. The highest BCUT2D eigenvalue weighted by molar-refractivity contribution is 9.10. The van der Waals surface area contributed by atoms with Gasteiger partial charge >= 0.3 is 5.97 Å². The van der Waals surface area contributed by atoms with Gasteiger partial charge in [-0.25, -0.2) is 0 Å². The number of hydrogen-bond donors (Lipinski definition) is 1. The van der Waals surface area contributed by atoms with Crippen LogP contribution in [-0.2, 0) is 11.3 Å². The standard InChI is InChI=1S/C13H18BrNO2S/c1-9(2)13(12(16)17)3-4-15(8-13)6-11-5-10(14)7-18-11/h5,7,9H,3-4,6,8H2,1-2H3,(H,16,17). The lowest BCUT2D eigenvalue weighted by atomic mass is 9.76. The molecule has 0 aliphatic carbocycles. The number of aliphatic carboxylic acids is 1. The van der Waals surface area contributed by atoms with Gasteiger partial charge in [0.2, 0.25) is 0 Å². The predicted molar refractivity (Wildman–Crippen MR) is 76.8 cm³/mol. The van der Waals surface area contributed by atoms with Gasteiger partial charge in [-0.05, 0) is 40.9 Å². The Labute approximate surface area is 120 Å². The first-order valence-corrected chi connectivity index (χ1v) is 7.80. The molecule has 0 bridgehead atoms. The van der Waals surface area contributed by atoms with E-state index in [4.69, 9.17) is 0 Å². The van der Waals surface area contributed by atoms with Gasteiger partial charge in [0.1, 0.15) is 0 Å². The van der Waals surface area contributed by atoms with Crippen LogP contribution in [0.1, 0.15) is 25.1 Å². The average Bonchev–Trinajstić information content (AvgIpc) is 2.86. The van der Waals surface area contributed by atoms with Gasteiger partial charge in [-0.15, -0.1) is 11.3 Å². The third-order valence-electron chi connectivity index (χ3n) is 3.91. The van der Waals surface area contributed by atoms with Crippen LogP contribution in [0, 0.1) is 11.3 Å². The number of thiophene rings is 1. The second-order valence-electron chi connectivity index (χ2n) is 5.31. The zero-order valence-electron chi connectivity index (χ0n) is 10.6. The van der Waals surface area contributed by atoms with Gasteiger partial charge in [-0.1, -0.05) is 13.8 Å². The van der Waals surface area contributed by atoms with Gasteiger partial charge in [0.15, 0.2) is 0 Å². The third-order valence-corrected chi connectivity index (χ3v) is 5.59. The lowest BCUT2D eigenvalue weighted by molar-refractivity contribution is -0.151. The van der Waals surface area contributed by atoms with Crippen molar-refractivity contribution in [2.75, 3.05) is 13.1 Å². The summed E-state index contributed by atoms with van der Waals surface area (Å²) in [6, 6.07) is 2.11. The Morgan fingerprint density at radius 2 is 2.39 bits per heavy atom. The van der Waals surface area contributed by atoms with E-state index >= 15 is 0 Å². The first-order chi connectivity index (χ1) is 8.44. The van der Waals surface area contributed by atoms with Crippen LogP contribution in [0.25, 0.3) is 0 Å². The van der Waals surface area contributed by atoms with Crippen LogP contribution >= 0.6 is 27.3 Å². The molecule has 1 aromatic rings. The minimum atomic E-state index is -0.646. The smallest absolute Gasteiger partial charge is 0.311 e. The molecule has 2 rings (SSSR count). The summed E-state index contributed by atoms with van der Waals surface area (Å²) in [6.07, 6.45) is 0.756. The zero-order valence-corrected chi connectivity index (χ0v) is 13.1. The van der Waals surface area contributed by atoms with Crippen molar-refractivity contribution in [3.8, 4) is 0 Å². The maximum atomic E-state index is 11.5. The number of nitrogens with zero attached hydrogens (tertiary/aromatic N) is 1. The van der Waals surface area contributed by atoms with Crippen LogP contribution < -0.4 is 0 Å². The predicted octanol–water partition coefficient (Wildman–Crippen LogP) is 3.44. The second-order valence-corrected chi connectivity index (χ2v) is 7.22. The molecule has 5 heteroatoms. The van der Waals surface area contributed by atoms with Crippen molar-refractivity contribution >= 4 is 33.2 Å². The number of carboxylic acid groups (broad SMARTS) is 1. The molecule has 1 atom stereocenters. The van der Waals surface area contributed by atoms with Gasteiger partial charge < -0.3 is 5.11 Å². The van der Waals surface area contributed by atoms with E-state index in [0.29, 0.717) is 6.54 Å². The molecule has 3 nitrogen and oxygen atoms in total. The van der Waals surface area contributed by atoms with Crippen LogP contribution in [0.3, 0.4) is 0 Å². The van der Waals surface area contributed by atoms with Gasteiger partial charge in [-0.2, -0.15) is 0 Å². The summed E-state index contributed by atoms with van der Waals surface area (Å²) >= 11 is 5.17. The maximum Gasteiger partial charge on any atom is 0.311 e. The molecule has 1 aromatic heterocycles. The molecule has 1 N–H and O–H groups in total. The van der Waals surface area contributed by atoms with Crippen molar-refractivity contribution in [3.63, 3.8) is 0 Å². The molecule has 0 amide bonds. The van der Waals surface area contributed by atoms with Crippen molar-refractivity contribution in [1.82, 2.24) is 4.90 Å². The second kappa shape index (κ2) is 5.31. The van der Waals surface area contributed by atoms with Crippen molar-refractivity contribution in [2.24, 2.45) is 11.3 Å². The number of carboxylic acids is 1. The molecule has 1 fully saturated rings. The number of carbonyl (C=O) groups is 1. The first kappa shape index (κ1) is 14.0. The SMILES string of the molecule is CC(C)C1(C(=O)O)CCN(Cc2cc(Br)cs2)C1. The van der Waals surface area contributed by atoms with Crippen LogP contribution in [0.5, 0.6) is 0 Å². The maximum absolute atomic E-state index is 11.5. The Morgan fingerprint density at radius 3 is 2.83 bits per heavy atom. The first-order valence-electron chi connectivity index (χ1n) is 6.13. The molecular weight excluding hydrogens is 314 g/mol. The molecule has 0 spiro atoms. The van der Waals surface area contributed by atoms with Gasteiger partial charge in [0.05, 0.1) is 5.41 Å². The molecule has 1 aliphatic heterocycles. The van der Waals surface area contributed by atoms with Gasteiger partial charge in [0.25, 0.3) is 0 Å². The Bertz CT molecular complexity index is 446. The van der Waals surface area contributed by atoms with Crippen molar-refractivity contribution in [1.29, 1.82) is 0 Å². The molecule has 1 unspecified atom stereocenters. The molecule has 18 heavy (non-hydrogen) atoms. The van der Waals surface area contributed by atoms with E-state index < -0.39 is 11.4 Å². The van der Waals surface area contributed by atoms with Gasteiger partial charge in [0, 0.05) is 27.8 Å². The lowest BCUT2D eigenvalue weighted by Gasteiger charge is -2.28. The Kier molecular flexibility index (Phi) is 4.14. The third kappa shape index (κ3) is 2.63. The van der Waals surface area contributed by atoms with E-state index in [9.17, 15) is 9.90 Å². The number of hydrogen-bond acceptors (Lipinski definition) is 3. The molecule has 100 valence electrons. The molecular formula is C13H18BrNO2S. The Balaban J connectivity index is 2.05. The topological polar surface area (TPSA) is 40.5 Å². The summed E-state index contributed by atoms with van der Waals surface area (Å²) in [7, 11) is 0. The average molecular weight is 332 g/mol. The van der Waals surface area contributed by atoms with Crippen LogP contribution in [0.15, 0.2) is 15.9 Å².